The molecule has 1 heterocycles. The van der Waals surface area contributed by atoms with Crippen LogP contribution in [0, 0.1) is 23.0 Å². The van der Waals surface area contributed by atoms with Gasteiger partial charge in [0.1, 0.15) is 16.6 Å². The topological polar surface area (TPSA) is 48.7 Å². The summed E-state index contributed by atoms with van der Waals surface area (Å²) in [6.07, 6.45) is 1.43. The highest BCUT2D eigenvalue weighted by Crippen LogP contribution is 2.27. The SMILES string of the molecule is N#C/C(=C/Nc1ccc(F)c(F)c1)c1nc(-c2cccc(Br)c2)cs1. The second-order valence-corrected chi connectivity index (χ2v) is 6.77. The summed E-state index contributed by atoms with van der Waals surface area (Å²) in [5.74, 6) is -1.88. The maximum Gasteiger partial charge on any atom is 0.160 e. The van der Waals surface area contributed by atoms with Crippen molar-refractivity contribution < 1.29 is 8.78 Å². The smallest absolute Gasteiger partial charge is 0.160 e. The van der Waals surface area contributed by atoms with Gasteiger partial charge in [-0.2, -0.15) is 5.26 Å². The summed E-state index contributed by atoms with van der Waals surface area (Å²) in [6.45, 7) is 0. The molecule has 0 saturated heterocycles. The molecular weight excluding hydrogens is 408 g/mol. The van der Waals surface area contributed by atoms with E-state index in [-0.39, 0.29) is 0 Å². The molecule has 3 nitrogen and oxygen atoms in total. The lowest BCUT2D eigenvalue weighted by molar-refractivity contribution is 0.509. The summed E-state index contributed by atoms with van der Waals surface area (Å²) >= 11 is 4.75. The van der Waals surface area contributed by atoms with E-state index >= 15 is 0 Å². The molecule has 1 aromatic heterocycles. The first kappa shape index (κ1) is 17.3. The van der Waals surface area contributed by atoms with Gasteiger partial charge < -0.3 is 5.32 Å². The standard InChI is InChI=1S/C18H10BrF2N3S/c19-13-3-1-2-11(6-13)17-10-25-18(24-17)12(8-22)9-23-14-4-5-15(20)16(21)7-14/h1-7,9-10,23H/b12-9-. The first-order valence-electron chi connectivity index (χ1n) is 7.10. The fraction of sp³-hybridized carbons (Fsp3) is 0. The molecule has 0 radical (unpaired) electrons. The second kappa shape index (κ2) is 7.55. The summed E-state index contributed by atoms with van der Waals surface area (Å²) in [5, 5.41) is 14.5. The zero-order valence-electron chi connectivity index (χ0n) is 12.6. The Balaban J connectivity index is 1.84. The number of nitrogens with one attached hydrogen (secondary N) is 1. The monoisotopic (exact) mass is 417 g/mol. The highest BCUT2D eigenvalue weighted by atomic mass is 79.9. The van der Waals surface area contributed by atoms with Gasteiger partial charge in [-0.25, -0.2) is 13.8 Å². The Morgan fingerprint density at radius 1 is 1.20 bits per heavy atom. The van der Waals surface area contributed by atoms with E-state index in [4.69, 9.17) is 0 Å². The van der Waals surface area contributed by atoms with Crippen LogP contribution in [0.2, 0.25) is 0 Å². The largest absolute Gasteiger partial charge is 0.360 e. The van der Waals surface area contributed by atoms with Crippen LogP contribution in [0.3, 0.4) is 0 Å². The maximum absolute atomic E-state index is 13.2. The lowest BCUT2D eigenvalue weighted by Crippen LogP contribution is -1.93. The fourth-order valence-electron chi connectivity index (χ4n) is 2.06. The normalized spacial score (nSPS) is 11.2. The van der Waals surface area contributed by atoms with Crippen molar-refractivity contribution >= 4 is 38.5 Å². The molecule has 0 fully saturated rings. The molecule has 0 bridgehead atoms. The molecule has 7 heteroatoms. The van der Waals surface area contributed by atoms with E-state index < -0.39 is 11.6 Å². The molecule has 1 N–H and O–H groups in total. The minimum absolute atomic E-state index is 0.302. The Morgan fingerprint density at radius 3 is 2.76 bits per heavy atom. The molecule has 124 valence electrons. The minimum atomic E-state index is -0.955. The molecular formula is C18H10BrF2N3S. The van der Waals surface area contributed by atoms with E-state index in [0.717, 1.165) is 27.9 Å². The quantitative estimate of drug-likeness (QED) is 0.543. The van der Waals surface area contributed by atoms with E-state index in [1.807, 2.05) is 29.6 Å². The molecule has 3 rings (SSSR count). The van der Waals surface area contributed by atoms with Crippen LogP contribution in [0.15, 0.2) is 58.5 Å². The van der Waals surface area contributed by atoms with Crippen LogP contribution in [0.25, 0.3) is 16.8 Å². The fourth-order valence-corrected chi connectivity index (χ4v) is 3.25. The molecule has 0 aliphatic carbocycles. The Kier molecular flexibility index (Phi) is 5.22. The zero-order chi connectivity index (χ0) is 17.8. The number of hydrogen-bond acceptors (Lipinski definition) is 4. The van der Waals surface area contributed by atoms with Crippen LogP contribution < -0.4 is 5.32 Å². The van der Waals surface area contributed by atoms with Crippen LogP contribution in [-0.4, -0.2) is 4.98 Å². The summed E-state index contributed by atoms with van der Waals surface area (Å²) in [4.78, 5) is 4.47. The molecule has 0 saturated carbocycles. The number of aromatic nitrogens is 1. The summed E-state index contributed by atoms with van der Waals surface area (Å²) < 4.78 is 27.1. The average Bonchev–Trinajstić information content (AvgIpc) is 3.08. The Labute approximate surface area is 155 Å². The Morgan fingerprint density at radius 2 is 2.04 bits per heavy atom. The van der Waals surface area contributed by atoms with E-state index in [9.17, 15) is 14.0 Å². The average molecular weight is 418 g/mol. The molecule has 0 spiro atoms. The highest BCUT2D eigenvalue weighted by Gasteiger charge is 2.09. The molecule has 0 unspecified atom stereocenters. The van der Waals surface area contributed by atoms with Crippen molar-refractivity contribution in [1.29, 1.82) is 5.26 Å². The summed E-state index contributed by atoms with van der Waals surface area (Å²) in [7, 11) is 0. The molecule has 2 aromatic carbocycles. The van der Waals surface area contributed by atoms with Crippen LogP contribution in [0.4, 0.5) is 14.5 Å². The number of benzene rings is 2. The number of anilines is 1. The van der Waals surface area contributed by atoms with Crippen LogP contribution in [0.1, 0.15) is 5.01 Å². The minimum Gasteiger partial charge on any atom is -0.360 e. The lowest BCUT2D eigenvalue weighted by atomic mass is 10.2. The molecule has 0 aliphatic rings. The van der Waals surface area contributed by atoms with Crippen molar-refractivity contribution in [1.82, 2.24) is 4.98 Å². The van der Waals surface area contributed by atoms with Crippen molar-refractivity contribution in [2.45, 2.75) is 0 Å². The number of allylic oxidation sites excluding steroid dienone is 1. The molecule has 0 atom stereocenters. The van der Waals surface area contributed by atoms with Crippen LogP contribution in [0.5, 0.6) is 0 Å². The maximum atomic E-state index is 13.2. The van der Waals surface area contributed by atoms with Gasteiger partial charge in [-0.05, 0) is 24.3 Å². The van der Waals surface area contributed by atoms with Crippen molar-refractivity contribution in [2.24, 2.45) is 0 Å². The Hall–Kier alpha value is -2.56. The van der Waals surface area contributed by atoms with Gasteiger partial charge in [-0.15, -0.1) is 11.3 Å². The van der Waals surface area contributed by atoms with Crippen molar-refractivity contribution in [3.05, 3.63) is 75.2 Å². The van der Waals surface area contributed by atoms with Gasteiger partial charge in [0.05, 0.1) is 5.69 Å². The number of nitrogens with zero attached hydrogens (tertiary/aromatic N) is 2. The molecule has 25 heavy (non-hydrogen) atoms. The van der Waals surface area contributed by atoms with Crippen LogP contribution >= 0.6 is 27.3 Å². The first-order valence-corrected chi connectivity index (χ1v) is 8.78. The summed E-state index contributed by atoms with van der Waals surface area (Å²) in [5.41, 5.74) is 2.34. The molecule has 3 aromatic rings. The van der Waals surface area contributed by atoms with Gasteiger partial charge in [0.25, 0.3) is 0 Å². The molecule has 0 amide bonds. The van der Waals surface area contributed by atoms with E-state index in [1.54, 1.807) is 0 Å². The predicted octanol–water partition coefficient (Wildman–Crippen LogP) is 5.83. The summed E-state index contributed by atoms with van der Waals surface area (Å²) in [6, 6.07) is 13.2. The predicted molar refractivity (Wildman–Crippen MR) is 98.8 cm³/mol. The van der Waals surface area contributed by atoms with Gasteiger partial charge in [0.2, 0.25) is 0 Å². The lowest BCUT2D eigenvalue weighted by Gasteiger charge is -2.02. The first-order chi connectivity index (χ1) is 12.1. The van der Waals surface area contributed by atoms with Crippen molar-refractivity contribution in [3.8, 4) is 17.3 Å². The number of thiazole rings is 1. The van der Waals surface area contributed by atoms with Gasteiger partial charge in [0, 0.05) is 33.4 Å². The molecule has 0 aliphatic heterocycles. The zero-order valence-corrected chi connectivity index (χ0v) is 15.0. The third-order valence-electron chi connectivity index (χ3n) is 3.28. The Bertz CT molecular complexity index is 992. The third-order valence-corrected chi connectivity index (χ3v) is 4.65. The van der Waals surface area contributed by atoms with E-state index in [2.05, 4.69) is 32.3 Å². The second-order valence-electron chi connectivity index (χ2n) is 4.99. The van der Waals surface area contributed by atoms with Crippen molar-refractivity contribution in [2.75, 3.05) is 5.32 Å². The number of nitriles is 1. The third kappa shape index (κ3) is 4.10. The number of hydrogen-bond donors (Lipinski definition) is 1. The van der Waals surface area contributed by atoms with E-state index in [1.165, 1.54) is 23.6 Å². The number of rotatable bonds is 4. The van der Waals surface area contributed by atoms with Crippen LogP contribution in [-0.2, 0) is 0 Å². The van der Waals surface area contributed by atoms with Gasteiger partial charge >= 0.3 is 0 Å². The highest BCUT2D eigenvalue weighted by molar-refractivity contribution is 9.10. The van der Waals surface area contributed by atoms with E-state index in [0.29, 0.717) is 16.3 Å². The van der Waals surface area contributed by atoms with Gasteiger partial charge in [-0.1, -0.05) is 28.1 Å². The van der Waals surface area contributed by atoms with Gasteiger partial charge in [-0.3, -0.25) is 0 Å². The van der Waals surface area contributed by atoms with Gasteiger partial charge in [0.15, 0.2) is 11.6 Å². The van der Waals surface area contributed by atoms with Crippen molar-refractivity contribution in [3.63, 3.8) is 0 Å². The number of halogens is 3.